The molecular weight excluding hydrogens is 334 g/mol. The zero-order valence-electron chi connectivity index (χ0n) is 14.3. The normalized spacial score (nSPS) is 20.3. The molecule has 2 aromatic carbocycles. The Morgan fingerprint density at radius 1 is 0.885 bits per heavy atom. The molecule has 6 nitrogen and oxygen atoms in total. The van der Waals surface area contributed by atoms with Crippen LogP contribution in [0, 0.1) is 0 Å². The van der Waals surface area contributed by atoms with Crippen LogP contribution in [0.3, 0.4) is 0 Å². The van der Waals surface area contributed by atoms with Crippen LogP contribution < -0.4 is 18.9 Å². The molecule has 0 aromatic heterocycles. The monoisotopic (exact) mass is 353 g/mol. The molecule has 0 N–H and O–H groups in total. The van der Waals surface area contributed by atoms with Crippen molar-refractivity contribution in [3.8, 4) is 23.0 Å². The molecule has 134 valence electrons. The van der Waals surface area contributed by atoms with Crippen molar-refractivity contribution in [2.24, 2.45) is 0 Å². The smallest absolute Gasteiger partial charge is 0.254 e. The predicted molar refractivity (Wildman–Crippen MR) is 93.0 cm³/mol. The number of hydrogen-bond acceptors (Lipinski definition) is 5. The molecule has 0 saturated carbocycles. The molecule has 2 aromatic rings. The Labute approximate surface area is 151 Å². The molecule has 3 heterocycles. The zero-order chi connectivity index (χ0) is 17.5. The average Bonchev–Trinajstić information content (AvgIpc) is 3.35. The van der Waals surface area contributed by atoms with Crippen LogP contribution in [0.1, 0.15) is 34.8 Å². The summed E-state index contributed by atoms with van der Waals surface area (Å²) >= 11 is 0. The van der Waals surface area contributed by atoms with Gasteiger partial charge < -0.3 is 23.8 Å². The maximum Gasteiger partial charge on any atom is 0.254 e. The van der Waals surface area contributed by atoms with E-state index in [0.29, 0.717) is 30.3 Å². The molecule has 0 spiro atoms. The highest BCUT2D eigenvalue weighted by Crippen LogP contribution is 2.39. The Morgan fingerprint density at radius 3 is 2.54 bits per heavy atom. The second kappa shape index (κ2) is 6.12. The van der Waals surface area contributed by atoms with Gasteiger partial charge in [0.1, 0.15) is 13.2 Å². The van der Waals surface area contributed by atoms with E-state index in [1.54, 1.807) is 18.2 Å². The fraction of sp³-hybridized carbons (Fsp3) is 0.350. The summed E-state index contributed by atoms with van der Waals surface area (Å²) in [5, 5.41) is 0. The van der Waals surface area contributed by atoms with Crippen molar-refractivity contribution in [1.82, 2.24) is 4.90 Å². The van der Waals surface area contributed by atoms with Gasteiger partial charge in [-0.3, -0.25) is 4.79 Å². The lowest BCUT2D eigenvalue weighted by atomic mass is 10.0. The molecule has 5 rings (SSSR count). The molecule has 0 aliphatic carbocycles. The molecule has 1 amide bonds. The van der Waals surface area contributed by atoms with Crippen molar-refractivity contribution in [2.45, 2.75) is 18.9 Å². The number of carbonyl (C=O) groups excluding carboxylic acids is 1. The Hall–Kier alpha value is -2.89. The molecule has 3 aliphatic rings. The van der Waals surface area contributed by atoms with Crippen molar-refractivity contribution < 1.29 is 23.7 Å². The third-order valence-corrected chi connectivity index (χ3v) is 5.08. The maximum absolute atomic E-state index is 13.1. The Bertz CT molecular complexity index is 865. The summed E-state index contributed by atoms with van der Waals surface area (Å²) in [6.45, 7) is 2.08. The van der Waals surface area contributed by atoms with E-state index in [0.717, 1.165) is 36.4 Å². The van der Waals surface area contributed by atoms with Crippen LogP contribution in [-0.2, 0) is 0 Å². The van der Waals surface area contributed by atoms with Gasteiger partial charge in [0.25, 0.3) is 5.91 Å². The molecule has 1 saturated heterocycles. The van der Waals surface area contributed by atoms with Crippen molar-refractivity contribution in [2.75, 3.05) is 26.6 Å². The van der Waals surface area contributed by atoms with Crippen molar-refractivity contribution in [3.05, 3.63) is 47.5 Å². The number of ether oxygens (including phenoxy) is 4. The van der Waals surface area contributed by atoms with Gasteiger partial charge in [-0.15, -0.1) is 0 Å². The molecule has 0 unspecified atom stereocenters. The third-order valence-electron chi connectivity index (χ3n) is 5.08. The SMILES string of the molecule is O=C(c1ccc2c(c1)OCO2)N1CCC[C@@H]1c1ccc2c(c1)OCCO2. The number of carbonyl (C=O) groups is 1. The van der Waals surface area contributed by atoms with Crippen molar-refractivity contribution in [3.63, 3.8) is 0 Å². The summed E-state index contributed by atoms with van der Waals surface area (Å²) in [7, 11) is 0. The van der Waals surface area contributed by atoms with Crippen LogP contribution in [0.15, 0.2) is 36.4 Å². The van der Waals surface area contributed by atoms with Crippen molar-refractivity contribution in [1.29, 1.82) is 0 Å². The van der Waals surface area contributed by atoms with Crippen LogP contribution in [-0.4, -0.2) is 37.4 Å². The van der Waals surface area contributed by atoms with Crippen LogP contribution in [0.25, 0.3) is 0 Å². The number of nitrogens with zero attached hydrogens (tertiary/aromatic N) is 1. The topological polar surface area (TPSA) is 57.2 Å². The van der Waals surface area contributed by atoms with Crippen molar-refractivity contribution >= 4 is 5.91 Å². The maximum atomic E-state index is 13.1. The number of amides is 1. The fourth-order valence-electron chi connectivity index (χ4n) is 3.82. The number of likely N-dealkylation sites (tertiary alicyclic amines) is 1. The Kier molecular flexibility index (Phi) is 3.62. The first-order valence-electron chi connectivity index (χ1n) is 8.90. The molecule has 3 aliphatic heterocycles. The lowest BCUT2D eigenvalue weighted by Crippen LogP contribution is -2.30. The summed E-state index contributed by atoms with van der Waals surface area (Å²) in [5.74, 6) is 2.86. The van der Waals surface area contributed by atoms with E-state index < -0.39 is 0 Å². The largest absolute Gasteiger partial charge is 0.486 e. The number of hydrogen-bond donors (Lipinski definition) is 0. The first kappa shape index (κ1) is 15.4. The lowest BCUT2D eigenvalue weighted by molar-refractivity contribution is 0.0734. The summed E-state index contributed by atoms with van der Waals surface area (Å²) in [6.07, 6.45) is 1.92. The summed E-state index contributed by atoms with van der Waals surface area (Å²) in [4.78, 5) is 15.0. The molecular formula is C20H19NO5. The second-order valence-corrected chi connectivity index (χ2v) is 6.63. The third kappa shape index (κ3) is 2.53. The highest BCUT2D eigenvalue weighted by molar-refractivity contribution is 5.95. The van der Waals surface area contributed by atoms with E-state index in [2.05, 4.69) is 0 Å². The van der Waals surface area contributed by atoms with Gasteiger partial charge in [0, 0.05) is 12.1 Å². The van der Waals surface area contributed by atoms with Crippen LogP contribution in [0.5, 0.6) is 23.0 Å². The predicted octanol–water partition coefficient (Wildman–Crippen LogP) is 3.16. The Morgan fingerprint density at radius 2 is 1.62 bits per heavy atom. The number of fused-ring (bicyclic) bond motifs is 2. The summed E-state index contributed by atoms with van der Waals surface area (Å²) < 4.78 is 22.0. The van der Waals surface area contributed by atoms with Crippen LogP contribution >= 0.6 is 0 Å². The minimum absolute atomic E-state index is 0.0145. The van der Waals surface area contributed by atoms with Gasteiger partial charge in [0.15, 0.2) is 23.0 Å². The van der Waals surface area contributed by atoms with E-state index >= 15 is 0 Å². The first-order chi connectivity index (χ1) is 12.8. The van der Waals surface area contributed by atoms with Gasteiger partial charge in [0.05, 0.1) is 6.04 Å². The van der Waals surface area contributed by atoms with Gasteiger partial charge in [-0.05, 0) is 48.7 Å². The molecule has 6 heteroatoms. The minimum atomic E-state index is 0.0145. The molecule has 1 atom stereocenters. The highest BCUT2D eigenvalue weighted by Gasteiger charge is 2.32. The fourth-order valence-corrected chi connectivity index (χ4v) is 3.82. The van der Waals surface area contributed by atoms with Gasteiger partial charge >= 0.3 is 0 Å². The molecule has 0 radical (unpaired) electrons. The Balaban J connectivity index is 1.42. The van der Waals surface area contributed by atoms with E-state index in [1.807, 2.05) is 23.1 Å². The van der Waals surface area contributed by atoms with Gasteiger partial charge in [0.2, 0.25) is 6.79 Å². The number of rotatable bonds is 2. The minimum Gasteiger partial charge on any atom is -0.486 e. The quantitative estimate of drug-likeness (QED) is 0.830. The summed E-state index contributed by atoms with van der Waals surface area (Å²) in [6, 6.07) is 11.4. The second-order valence-electron chi connectivity index (χ2n) is 6.63. The van der Waals surface area contributed by atoms with E-state index in [-0.39, 0.29) is 18.7 Å². The standard InChI is InChI=1S/C20H19NO5/c22-20(14-4-6-17-19(11-14)26-12-25-17)21-7-1-2-15(21)13-3-5-16-18(10-13)24-9-8-23-16/h3-6,10-11,15H,1-2,7-9,12H2/t15-/m1/s1. The van der Waals surface area contributed by atoms with E-state index in [4.69, 9.17) is 18.9 Å². The van der Waals surface area contributed by atoms with Crippen LogP contribution in [0.2, 0.25) is 0 Å². The summed E-state index contributed by atoms with van der Waals surface area (Å²) in [5.41, 5.74) is 1.71. The van der Waals surface area contributed by atoms with Gasteiger partial charge in [-0.1, -0.05) is 6.07 Å². The number of benzene rings is 2. The molecule has 0 bridgehead atoms. The molecule has 1 fully saturated rings. The van der Waals surface area contributed by atoms with Gasteiger partial charge in [-0.2, -0.15) is 0 Å². The highest BCUT2D eigenvalue weighted by atomic mass is 16.7. The average molecular weight is 353 g/mol. The molecule has 26 heavy (non-hydrogen) atoms. The van der Waals surface area contributed by atoms with Crippen LogP contribution in [0.4, 0.5) is 0 Å². The van der Waals surface area contributed by atoms with E-state index in [9.17, 15) is 4.79 Å². The zero-order valence-corrected chi connectivity index (χ0v) is 14.3. The van der Waals surface area contributed by atoms with E-state index in [1.165, 1.54) is 0 Å². The van der Waals surface area contributed by atoms with Gasteiger partial charge in [-0.25, -0.2) is 0 Å². The lowest BCUT2D eigenvalue weighted by Gasteiger charge is -2.27. The first-order valence-corrected chi connectivity index (χ1v) is 8.90.